The number of hydrogen-bond donors (Lipinski definition) is 4. The average Bonchev–Trinajstić information content (AvgIpc) is 3.51. The van der Waals surface area contributed by atoms with E-state index in [2.05, 4.69) is 20.0 Å². The quantitative estimate of drug-likeness (QED) is 0.166. The van der Waals surface area contributed by atoms with E-state index in [9.17, 15) is 18.3 Å². The molecule has 1 aliphatic carbocycles. The number of nitrogens with one attached hydrogen (secondary N) is 2. The van der Waals surface area contributed by atoms with E-state index in [-0.39, 0.29) is 35.2 Å². The van der Waals surface area contributed by atoms with Gasteiger partial charge in [0, 0.05) is 41.8 Å². The van der Waals surface area contributed by atoms with Gasteiger partial charge in [-0.15, -0.1) is 0 Å². The lowest BCUT2D eigenvalue weighted by atomic mass is 9.61. The van der Waals surface area contributed by atoms with E-state index in [0.717, 1.165) is 53.9 Å². The van der Waals surface area contributed by atoms with Gasteiger partial charge < -0.3 is 30.9 Å². The standard InChI is InChI=1S/C29H38F2N6O6S2/c1-18(36-28(38)39)20(14-29(9-10-32)7-4-8-29)15-33-24-12-23(31)26(13-22(24)30)45(40,41)37(27-34-17-35-44-27)16-19-5-6-21(42-2)11-25(19)43-3/h5-6,11-13,17-18,20,33,36H,4,7-10,14-16,32H2,1-3H3,(H,38,39). The Bertz CT molecular complexity index is 1570. The molecule has 0 aliphatic heterocycles. The lowest BCUT2D eigenvalue weighted by Gasteiger charge is -2.45. The fraction of sp³-hybridized carbons (Fsp3) is 0.483. The Morgan fingerprint density at radius 2 is 1.96 bits per heavy atom. The van der Waals surface area contributed by atoms with Gasteiger partial charge in [0.15, 0.2) is 0 Å². The minimum Gasteiger partial charge on any atom is -0.497 e. The van der Waals surface area contributed by atoms with E-state index in [1.54, 1.807) is 25.1 Å². The lowest BCUT2D eigenvalue weighted by Crippen LogP contribution is -2.44. The zero-order chi connectivity index (χ0) is 32.8. The molecule has 0 saturated heterocycles. The second-order valence-corrected chi connectivity index (χ2v) is 13.7. The van der Waals surface area contributed by atoms with Crippen molar-refractivity contribution >= 4 is 38.5 Å². The molecule has 2 aromatic carbocycles. The van der Waals surface area contributed by atoms with Crippen molar-refractivity contribution in [2.24, 2.45) is 17.1 Å². The van der Waals surface area contributed by atoms with Crippen LogP contribution >= 0.6 is 11.5 Å². The van der Waals surface area contributed by atoms with E-state index in [0.29, 0.717) is 36.1 Å². The zero-order valence-electron chi connectivity index (χ0n) is 25.3. The topological polar surface area (TPSA) is 169 Å². The van der Waals surface area contributed by atoms with Crippen LogP contribution in [0.3, 0.4) is 0 Å². The number of carbonyl (C=O) groups is 1. The van der Waals surface area contributed by atoms with Crippen LogP contribution in [-0.4, -0.2) is 62.3 Å². The minimum atomic E-state index is -4.69. The summed E-state index contributed by atoms with van der Waals surface area (Å²) in [5, 5.41) is 14.6. The van der Waals surface area contributed by atoms with Crippen LogP contribution in [0, 0.1) is 23.0 Å². The maximum atomic E-state index is 15.6. The largest absolute Gasteiger partial charge is 0.497 e. The number of methoxy groups -OCH3 is 2. The number of ether oxygens (including phenoxy) is 2. The van der Waals surface area contributed by atoms with Crippen LogP contribution in [0.5, 0.6) is 11.5 Å². The summed E-state index contributed by atoms with van der Waals surface area (Å²) in [5.74, 6) is -1.64. The molecule has 3 aromatic rings. The van der Waals surface area contributed by atoms with Gasteiger partial charge in [-0.3, -0.25) is 0 Å². The molecule has 0 radical (unpaired) electrons. The normalized spacial score (nSPS) is 15.4. The second-order valence-electron chi connectivity index (χ2n) is 11.2. The fourth-order valence-corrected chi connectivity index (χ4v) is 7.91. The first kappa shape index (κ1) is 34.1. The first-order valence-corrected chi connectivity index (χ1v) is 16.6. The van der Waals surface area contributed by atoms with Crippen molar-refractivity contribution < 1.29 is 36.6 Å². The average molecular weight is 669 g/mol. The van der Waals surface area contributed by atoms with E-state index < -0.39 is 38.7 Å². The molecule has 1 aliphatic rings. The molecule has 1 fully saturated rings. The van der Waals surface area contributed by atoms with E-state index in [1.165, 1.54) is 14.2 Å². The van der Waals surface area contributed by atoms with Crippen molar-refractivity contribution in [2.45, 2.75) is 56.5 Å². The van der Waals surface area contributed by atoms with E-state index in [1.807, 2.05) is 0 Å². The Balaban J connectivity index is 1.61. The van der Waals surface area contributed by atoms with Gasteiger partial charge in [0.2, 0.25) is 5.13 Å². The first-order chi connectivity index (χ1) is 21.4. The first-order valence-electron chi connectivity index (χ1n) is 14.4. The molecule has 12 nitrogen and oxygen atoms in total. The highest BCUT2D eigenvalue weighted by molar-refractivity contribution is 7.93. The molecule has 1 aromatic heterocycles. The van der Waals surface area contributed by atoms with Crippen LogP contribution < -0.4 is 30.1 Å². The molecule has 246 valence electrons. The van der Waals surface area contributed by atoms with E-state index in [4.69, 9.17) is 15.2 Å². The van der Waals surface area contributed by atoms with Gasteiger partial charge >= 0.3 is 6.09 Å². The van der Waals surface area contributed by atoms with Crippen LogP contribution in [0.25, 0.3) is 0 Å². The van der Waals surface area contributed by atoms with Crippen molar-refractivity contribution in [2.75, 3.05) is 36.9 Å². The van der Waals surface area contributed by atoms with Crippen molar-refractivity contribution in [3.63, 3.8) is 0 Å². The lowest BCUT2D eigenvalue weighted by molar-refractivity contribution is 0.0776. The van der Waals surface area contributed by atoms with Gasteiger partial charge in [0.25, 0.3) is 10.0 Å². The third-order valence-electron chi connectivity index (χ3n) is 8.36. The van der Waals surface area contributed by atoms with Gasteiger partial charge in [0.05, 0.1) is 26.5 Å². The molecule has 1 saturated carbocycles. The van der Waals surface area contributed by atoms with Gasteiger partial charge in [-0.1, -0.05) is 6.42 Å². The minimum absolute atomic E-state index is 0.0298. The summed E-state index contributed by atoms with van der Waals surface area (Å²) in [7, 11) is -1.80. The van der Waals surface area contributed by atoms with Crippen LogP contribution in [0.1, 0.15) is 44.6 Å². The van der Waals surface area contributed by atoms with Gasteiger partial charge in [-0.05, 0) is 68.7 Å². The van der Waals surface area contributed by atoms with E-state index >= 15 is 8.78 Å². The molecule has 0 bridgehead atoms. The maximum absolute atomic E-state index is 15.6. The highest BCUT2D eigenvalue weighted by Gasteiger charge is 2.39. The Kier molecular flexibility index (Phi) is 11.0. The molecule has 45 heavy (non-hydrogen) atoms. The Morgan fingerprint density at radius 3 is 2.53 bits per heavy atom. The molecular weight excluding hydrogens is 630 g/mol. The maximum Gasteiger partial charge on any atom is 0.404 e. The van der Waals surface area contributed by atoms with Gasteiger partial charge in [0.1, 0.15) is 34.4 Å². The number of anilines is 2. The summed E-state index contributed by atoms with van der Waals surface area (Å²) < 4.78 is 74.1. The molecule has 1 amide bonds. The van der Waals surface area contributed by atoms with Gasteiger partial charge in [-0.25, -0.2) is 31.3 Å². The number of halogens is 2. The van der Waals surface area contributed by atoms with Crippen molar-refractivity contribution in [1.82, 2.24) is 14.7 Å². The van der Waals surface area contributed by atoms with Crippen LogP contribution in [0.15, 0.2) is 41.6 Å². The zero-order valence-corrected chi connectivity index (χ0v) is 26.9. The SMILES string of the molecule is COc1ccc(CN(c2ncns2)S(=O)(=O)c2cc(F)c(NCC(CC3(CCN)CCC3)C(C)NC(=O)O)cc2F)c(OC)c1. The van der Waals surface area contributed by atoms with Crippen molar-refractivity contribution in [1.29, 1.82) is 0 Å². The summed E-state index contributed by atoms with van der Waals surface area (Å²) in [5.41, 5.74) is 5.98. The molecule has 2 unspecified atom stereocenters. The molecule has 1 heterocycles. The summed E-state index contributed by atoms with van der Waals surface area (Å²) in [6.45, 7) is 2.02. The van der Waals surface area contributed by atoms with Gasteiger partial charge in [-0.2, -0.15) is 4.37 Å². The number of aromatic nitrogens is 2. The predicted molar refractivity (Wildman–Crippen MR) is 166 cm³/mol. The van der Waals surface area contributed by atoms with Crippen LogP contribution in [0.2, 0.25) is 0 Å². The summed E-state index contributed by atoms with van der Waals surface area (Å²) >= 11 is 0.775. The third kappa shape index (κ3) is 7.91. The summed E-state index contributed by atoms with van der Waals surface area (Å²) in [6, 6.07) is 5.72. The molecular formula is C29H38F2N6O6S2. The number of benzene rings is 2. The monoisotopic (exact) mass is 668 g/mol. The highest BCUT2D eigenvalue weighted by atomic mass is 32.2. The van der Waals surface area contributed by atoms with Crippen molar-refractivity contribution in [3.05, 3.63) is 53.9 Å². The second kappa shape index (κ2) is 14.6. The summed E-state index contributed by atoms with van der Waals surface area (Å²) in [4.78, 5) is 14.5. The number of nitrogens with two attached hydrogens (primary N) is 1. The number of hydrogen-bond acceptors (Lipinski definition) is 10. The van der Waals surface area contributed by atoms with Crippen molar-refractivity contribution in [3.8, 4) is 11.5 Å². The molecule has 0 spiro atoms. The number of carboxylic acid groups (broad SMARTS) is 1. The molecule has 5 N–H and O–H groups in total. The Labute approximate surface area is 265 Å². The van der Waals surface area contributed by atoms with Crippen LogP contribution in [-0.2, 0) is 16.6 Å². The number of sulfonamides is 1. The van der Waals surface area contributed by atoms with Crippen LogP contribution in [0.4, 0.5) is 24.4 Å². The Morgan fingerprint density at radius 1 is 1.20 bits per heavy atom. The predicted octanol–water partition coefficient (Wildman–Crippen LogP) is 4.82. The molecule has 2 atom stereocenters. The number of amides is 1. The third-order valence-corrected chi connectivity index (χ3v) is 10.9. The molecule has 16 heteroatoms. The fourth-order valence-electron chi connectivity index (χ4n) is 5.72. The highest BCUT2D eigenvalue weighted by Crippen LogP contribution is 2.49. The number of nitrogens with zero attached hydrogens (tertiary/aromatic N) is 3. The summed E-state index contributed by atoms with van der Waals surface area (Å²) in [6.07, 6.45) is 4.37. The smallest absolute Gasteiger partial charge is 0.404 e. The number of rotatable bonds is 16. The molecule has 4 rings (SSSR count). The Hall–Kier alpha value is -3.76.